The summed E-state index contributed by atoms with van der Waals surface area (Å²) >= 11 is 0. The van der Waals surface area contributed by atoms with E-state index >= 15 is 0 Å². The number of amides is 2. The maximum Gasteiger partial charge on any atom is 0.270 e. The minimum absolute atomic E-state index is 0.0968. The van der Waals surface area contributed by atoms with Crippen molar-refractivity contribution in [1.29, 1.82) is 0 Å². The van der Waals surface area contributed by atoms with Crippen LogP contribution in [0.4, 0.5) is 0 Å². The number of H-pyrrole nitrogens is 1. The first-order valence-corrected chi connectivity index (χ1v) is 11.1. The highest BCUT2D eigenvalue weighted by Crippen LogP contribution is 2.30. The average Bonchev–Trinajstić information content (AvgIpc) is 3.32. The van der Waals surface area contributed by atoms with Gasteiger partial charge in [0, 0.05) is 37.4 Å². The molecule has 2 fully saturated rings. The quantitative estimate of drug-likeness (QED) is 0.721. The molecule has 3 heterocycles. The van der Waals surface area contributed by atoms with Crippen molar-refractivity contribution in [3.8, 4) is 0 Å². The number of hydrogen-bond donors (Lipinski definition) is 2. The molecule has 154 valence electrons. The lowest BCUT2D eigenvalue weighted by Crippen LogP contribution is -2.54. The first kappa shape index (κ1) is 20.6. The molecule has 3 rings (SSSR count). The summed E-state index contributed by atoms with van der Waals surface area (Å²) < 4.78 is 27.9. The molecule has 2 unspecified atom stereocenters. The normalized spacial score (nSPS) is 26.2. The van der Waals surface area contributed by atoms with E-state index in [9.17, 15) is 18.0 Å². The van der Waals surface area contributed by atoms with Crippen molar-refractivity contribution in [3.05, 3.63) is 30.6 Å². The smallest absolute Gasteiger partial charge is 0.270 e. The summed E-state index contributed by atoms with van der Waals surface area (Å²) in [7, 11) is -3.76. The van der Waals surface area contributed by atoms with Gasteiger partial charge in [0.2, 0.25) is 15.9 Å². The van der Waals surface area contributed by atoms with Gasteiger partial charge in [0.1, 0.15) is 10.6 Å². The first-order valence-electron chi connectivity index (χ1n) is 9.68. The van der Waals surface area contributed by atoms with Crippen molar-refractivity contribution in [1.82, 2.24) is 19.5 Å². The zero-order valence-corrected chi connectivity index (χ0v) is 17.2. The summed E-state index contributed by atoms with van der Waals surface area (Å²) in [5.41, 5.74) is 0.300. The van der Waals surface area contributed by atoms with Gasteiger partial charge in [-0.2, -0.15) is 4.31 Å². The summed E-state index contributed by atoms with van der Waals surface area (Å²) in [5, 5.41) is 2.86. The summed E-state index contributed by atoms with van der Waals surface area (Å²) in [6.45, 7) is 8.54. The van der Waals surface area contributed by atoms with E-state index in [2.05, 4.69) is 16.9 Å². The Bertz CT molecular complexity index is 845. The van der Waals surface area contributed by atoms with Crippen LogP contribution in [0.5, 0.6) is 0 Å². The third-order valence-corrected chi connectivity index (χ3v) is 7.61. The highest BCUT2D eigenvalue weighted by molar-refractivity contribution is 7.89. The lowest BCUT2D eigenvalue weighted by molar-refractivity contribution is -0.117. The average molecular weight is 409 g/mol. The topological polar surface area (TPSA) is 103 Å². The van der Waals surface area contributed by atoms with Crippen LogP contribution in [-0.4, -0.2) is 65.6 Å². The fourth-order valence-electron chi connectivity index (χ4n) is 4.27. The zero-order valence-electron chi connectivity index (χ0n) is 16.3. The molecule has 2 saturated heterocycles. The predicted molar refractivity (Wildman–Crippen MR) is 105 cm³/mol. The van der Waals surface area contributed by atoms with Crippen LogP contribution < -0.4 is 5.32 Å². The molecule has 9 heteroatoms. The van der Waals surface area contributed by atoms with E-state index in [-0.39, 0.29) is 34.8 Å². The number of carbonyl (C=O) groups excluding carboxylic acids is 2. The number of sulfonamides is 1. The fourth-order valence-corrected chi connectivity index (χ4v) is 6.11. The number of aromatic nitrogens is 1. The molecule has 1 aromatic heterocycles. The number of nitrogens with zero attached hydrogens (tertiary/aromatic N) is 2. The molecule has 0 radical (unpaired) electrons. The van der Waals surface area contributed by atoms with E-state index in [0.29, 0.717) is 31.6 Å². The van der Waals surface area contributed by atoms with Crippen molar-refractivity contribution in [3.63, 3.8) is 0 Å². The molecular formula is C19H28N4O4S. The van der Waals surface area contributed by atoms with Crippen LogP contribution in [0.3, 0.4) is 0 Å². The maximum atomic E-state index is 13.2. The second-order valence-corrected chi connectivity index (χ2v) is 9.51. The second kappa shape index (κ2) is 8.08. The third-order valence-electron chi connectivity index (χ3n) is 5.51. The molecule has 0 spiro atoms. The Morgan fingerprint density at radius 2 is 1.82 bits per heavy atom. The van der Waals surface area contributed by atoms with Gasteiger partial charge in [-0.3, -0.25) is 9.59 Å². The van der Waals surface area contributed by atoms with Crippen LogP contribution in [0, 0.1) is 0 Å². The number of aromatic amines is 1. The van der Waals surface area contributed by atoms with Crippen LogP contribution >= 0.6 is 0 Å². The number of piperidine rings is 1. The molecule has 0 bridgehead atoms. The van der Waals surface area contributed by atoms with E-state index in [1.54, 1.807) is 4.90 Å². The maximum absolute atomic E-state index is 13.2. The molecular weight excluding hydrogens is 380 g/mol. The van der Waals surface area contributed by atoms with Crippen molar-refractivity contribution in [2.45, 2.75) is 62.6 Å². The number of nitrogens with one attached hydrogen (secondary N) is 2. The minimum atomic E-state index is -3.76. The van der Waals surface area contributed by atoms with Gasteiger partial charge in [-0.1, -0.05) is 6.58 Å². The first-order chi connectivity index (χ1) is 13.2. The summed E-state index contributed by atoms with van der Waals surface area (Å²) in [6.07, 6.45) is 5.61. The molecule has 0 aromatic carbocycles. The van der Waals surface area contributed by atoms with Crippen molar-refractivity contribution in [2.24, 2.45) is 0 Å². The monoisotopic (exact) mass is 408 g/mol. The van der Waals surface area contributed by atoms with Crippen LogP contribution in [0.25, 0.3) is 0 Å². The van der Waals surface area contributed by atoms with Crippen LogP contribution in [0.1, 0.15) is 50.0 Å². The second-order valence-electron chi connectivity index (χ2n) is 7.66. The Morgan fingerprint density at radius 1 is 1.21 bits per heavy atom. The minimum Gasteiger partial charge on any atom is -0.356 e. The molecule has 2 amide bonds. The number of likely N-dealkylation sites (tertiary alicyclic amines) is 1. The molecule has 2 aliphatic heterocycles. The van der Waals surface area contributed by atoms with E-state index in [0.717, 1.165) is 12.8 Å². The van der Waals surface area contributed by atoms with Crippen LogP contribution in [-0.2, 0) is 14.8 Å². The number of carbonyl (C=O) groups is 2. The van der Waals surface area contributed by atoms with Gasteiger partial charge >= 0.3 is 0 Å². The lowest BCUT2D eigenvalue weighted by Gasteiger charge is -2.41. The highest BCUT2D eigenvalue weighted by Gasteiger charge is 2.40. The standard InChI is InChI=1S/C19H28N4O4S/c1-4-18(24)21-15-9-13(2)23(14(3)10-15)28(26,27)16-11-17(20-12-16)19(25)22-7-5-6-8-22/h4,11-15,20H,1,5-10H2,2-3H3,(H,21,24). The molecule has 0 aliphatic carbocycles. The van der Waals surface area contributed by atoms with Crippen LogP contribution in [0.15, 0.2) is 29.8 Å². The Balaban J connectivity index is 1.76. The lowest BCUT2D eigenvalue weighted by atomic mass is 9.95. The molecule has 8 nitrogen and oxygen atoms in total. The zero-order chi connectivity index (χ0) is 20.5. The van der Waals surface area contributed by atoms with Crippen molar-refractivity contribution in [2.75, 3.05) is 13.1 Å². The Kier molecular flexibility index (Phi) is 5.95. The van der Waals surface area contributed by atoms with E-state index < -0.39 is 10.0 Å². The third kappa shape index (κ3) is 4.00. The Labute approximate surface area is 166 Å². The molecule has 2 aliphatic rings. The van der Waals surface area contributed by atoms with Crippen molar-refractivity contribution < 1.29 is 18.0 Å². The van der Waals surface area contributed by atoms with Gasteiger partial charge in [0.25, 0.3) is 5.91 Å². The van der Waals surface area contributed by atoms with E-state index in [4.69, 9.17) is 0 Å². The Morgan fingerprint density at radius 3 is 2.39 bits per heavy atom. The van der Waals surface area contributed by atoms with E-state index in [1.165, 1.54) is 22.6 Å². The number of rotatable bonds is 5. The van der Waals surface area contributed by atoms with Gasteiger partial charge in [-0.15, -0.1) is 0 Å². The molecule has 2 atom stereocenters. The summed E-state index contributed by atoms with van der Waals surface area (Å²) in [6, 6.07) is 0.773. The molecule has 1 aromatic rings. The highest BCUT2D eigenvalue weighted by atomic mass is 32.2. The summed E-state index contributed by atoms with van der Waals surface area (Å²) in [5.74, 6) is -0.415. The summed E-state index contributed by atoms with van der Waals surface area (Å²) in [4.78, 5) is 28.7. The predicted octanol–water partition coefficient (Wildman–Crippen LogP) is 1.48. The molecule has 28 heavy (non-hydrogen) atoms. The van der Waals surface area contributed by atoms with Gasteiger partial charge in [0.15, 0.2) is 0 Å². The Hall–Kier alpha value is -2.13. The van der Waals surface area contributed by atoms with Gasteiger partial charge in [-0.05, 0) is 51.7 Å². The van der Waals surface area contributed by atoms with Crippen molar-refractivity contribution >= 4 is 21.8 Å². The van der Waals surface area contributed by atoms with Gasteiger partial charge in [0.05, 0.1) is 0 Å². The molecule has 0 saturated carbocycles. The van der Waals surface area contributed by atoms with Gasteiger partial charge < -0.3 is 15.2 Å². The SMILES string of the molecule is C=CC(=O)NC1CC(C)N(S(=O)(=O)c2c[nH]c(C(=O)N3CCCC3)c2)C(C)C1. The van der Waals surface area contributed by atoms with Gasteiger partial charge in [-0.25, -0.2) is 8.42 Å². The van der Waals surface area contributed by atoms with Crippen LogP contribution in [0.2, 0.25) is 0 Å². The number of hydrogen-bond acceptors (Lipinski definition) is 4. The molecule has 2 N–H and O–H groups in total. The van der Waals surface area contributed by atoms with E-state index in [1.807, 2.05) is 13.8 Å². The largest absolute Gasteiger partial charge is 0.356 e. The fraction of sp³-hybridized carbons (Fsp3) is 0.579.